The summed E-state index contributed by atoms with van der Waals surface area (Å²) < 4.78 is 13.2. The zero-order valence-electron chi connectivity index (χ0n) is 12.4. The highest BCUT2D eigenvalue weighted by Crippen LogP contribution is 2.32. The molecule has 1 saturated heterocycles. The minimum atomic E-state index is -0.436. The summed E-state index contributed by atoms with van der Waals surface area (Å²) in [6.07, 6.45) is 8.46. The number of aromatic hydroxyl groups is 1. The number of benzene rings is 1. The van der Waals surface area contributed by atoms with Crippen LogP contribution in [0.15, 0.2) is 65.5 Å². The van der Waals surface area contributed by atoms with Gasteiger partial charge in [0.05, 0.1) is 4.91 Å². The third-order valence-corrected chi connectivity index (χ3v) is 3.76. The molecular weight excluding hydrogens is 315 g/mol. The quantitative estimate of drug-likeness (QED) is 0.643. The third kappa shape index (κ3) is 4.43. The second kappa shape index (κ2) is 7.60. The van der Waals surface area contributed by atoms with Gasteiger partial charge in [-0.3, -0.25) is 15.1 Å². The van der Waals surface area contributed by atoms with Crippen LogP contribution in [-0.2, 0) is 4.79 Å². The monoisotopic (exact) mass is 330 g/mol. The number of nitrogens with zero attached hydrogens (tertiary/aromatic N) is 1. The Labute approximate surface area is 137 Å². The minimum absolute atomic E-state index is 0.0520. The molecule has 23 heavy (non-hydrogen) atoms. The van der Waals surface area contributed by atoms with Gasteiger partial charge in [-0.25, -0.2) is 4.39 Å². The van der Waals surface area contributed by atoms with Gasteiger partial charge >= 0.3 is 0 Å². The molecule has 4 nitrogen and oxygen atoms in total. The number of rotatable bonds is 4. The Kier molecular flexibility index (Phi) is 5.54. The molecule has 1 fully saturated rings. The van der Waals surface area contributed by atoms with E-state index in [2.05, 4.69) is 0 Å². The fourth-order valence-corrected chi connectivity index (χ4v) is 2.62. The second-order valence-corrected chi connectivity index (χ2v) is 5.61. The number of thioether (sulfide) groups is 1. The zero-order valence-corrected chi connectivity index (χ0v) is 13.2. The molecule has 2 N–H and O–H groups in total. The van der Waals surface area contributed by atoms with Crippen LogP contribution < -0.4 is 0 Å². The summed E-state index contributed by atoms with van der Waals surface area (Å²) in [4.78, 5) is 13.8. The molecule has 0 bridgehead atoms. The zero-order chi connectivity index (χ0) is 16.8. The third-order valence-electron chi connectivity index (χ3n) is 2.86. The van der Waals surface area contributed by atoms with Crippen molar-refractivity contribution in [2.75, 3.05) is 0 Å². The lowest BCUT2D eigenvalue weighted by Crippen LogP contribution is -2.22. The molecule has 118 valence electrons. The number of phenols is 1. The van der Waals surface area contributed by atoms with Gasteiger partial charge in [-0.1, -0.05) is 18.2 Å². The summed E-state index contributed by atoms with van der Waals surface area (Å²) in [5.74, 6) is -0.636. The topological polar surface area (TPSA) is 64.4 Å². The summed E-state index contributed by atoms with van der Waals surface area (Å²) in [5, 5.41) is 17.1. The number of hydrogen-bond donors (Lipinski definition) is 2. The van der Waals surface area contributed by atoms with Crippen molar-refractivity contribution in [3.8, 4) is 5.75 Å². The number of halogens is 1. The molecule has 1 aromatic rings. The molecule has 0 radical (unpaired) electrons. The van der Waals surface area contributed by atoms with E-state index in [1.165, 1.54) is 36.6 Å². The van der Waals surface area contributed by atoms with Crippen LogP contribution in [0.5, 0.6) is 5.75 Å². The number of amidine groups is 1. The van der Waals surface area contributed by atoms with Crippen molar-refractivity contribution in [1.82, 2.24) is 4.90 Å². The van der Waals surface area contributed by atoms with E-state index in [1.54, 1.807) is 31.2 Å². The number of carbonyl (C=O) groups is 1. The van der Waals surface area contributed by atoms with Crippen molar-refractivity contribution in [3.63, 3.8) is 0 Å². The Morgan fingerprint density at radius 3 is 2.70 bits per heavy atom. The lowest BCUT2D eigenvalue weighted by Gasteiger charge is -2.06. The van der Waals surface area contributed by atoms with E-state index >= 15 is 0 Å². The Bertz CT molecular complexity index is 733. The Morgan fingerprint density at radius 1 is 1.35 bits per heavy atom. The van der Waals surface area contributed by atoms with Crippen LogP contribution in [0.2, 0.25) is 0 Å². The first-order chi connectivity index (χ1) is 11.0. The predicted octanol–water partition coefficient (Wildman–Crippen LogP) is 4.19. The highest BCUT2D eigenvalue weighted by Gasteiger charge is 2.30. The van der Waals surface area contributed by atoms with Crippen molar-refractivity contribution in [2.24, 2.45) is 0 Å². The van der Waals surface area contributed by atoms with E-state index in [4.69, 9.17) is 5.41 Å². The molecule has 1 aliphatic heterocycles. The molecule has 1 heterocycles. The first-order valence-electron chi connectivity index (χ1n) is 6.78. The summed E-state index contributed by atoms with van der Waals surface area (Å²) in [6, 6.07) is 6.39. The lowest BCUT2D eigenvalue weighted by atomic mass is 10.2. The van der Waals surface area contributed by atoms with Crippen LogP contribution in [0.1, 0.15) is 12.5 Å². The Morgan fingerprint density at radius 2 is 2.04 bits per heavy atom. The minimum Gasteiger partial charge on any atom is -0.508 e. The van der Waals surface area contributed by atoms with E-state index in [0.717, 1.165) is 22.2 Å². The van der Waals surface area contributed by atoms with Gasteiger partial charge < -0.3 is 5.11 Å². The number of nitrogens with one attached hydrogen (secondary N) is 1. The molecule has 0 saturated carbocycles. The summed E-state index contributed by atoms with van der Waals surface area (Å²) in [5.41, 5.74) is 0.747. The number of allylic oxidation sites excluding steroid dienone is 5. The van der Waals surface area contributed by atoms with Gasteiger partial charge in [0.2, 0.25) is 0 Å². The Hall–Kier alpha value is -2.60. The Balaban J connectivity index is 2.15. The highest BCUT2D eigenvalue weighted by molar-refractivity contribution is 8.18. The summed E-state index contributed by atoms with van der Waals surface area (Å²) >= 11 is 1.03. The average molecular weight is 330 g/mol. The van der Waals surface area contributed by atoms with Crippen LogP contribution in [-0.4, -0.2) is 21.1 Å². The normalized spacial score (nSPS) is 18.1. The molecule has 1 amide bonds. The molecule has 0 unspecified atom stereocenters. The van der Waals surface area contributed by atoms with E-state index in [-0.39, 0.29) is 16.8 Å². The second-order valence-electron chi connectivity index (χ2n) is 4.58. The predicted molar refractivity (Wildman–Crippen MR) is 91.4 cm³/mol. The van der Waals surface area contributed by atoms with Crippen molar-refractivity contribution < 1.29 is 14.3 Å². The van der Waals surface area contributed by atoms with Crippen LogP contribution in [0.3, 0.4) is 0 Å². The van der Waals surface area contributed by atoms with Crippen molar-refractivity contribution in [3.05, 3.63) is 71.1 Å². The van der Waals surface area contributed by atoms with Gasteiger partial charge in [0.1, 0.15) is 11.6 Å². The lowest BCUT2D eigenvalue weighted by molar-refractivity contribution is -0.120. The number of phenolic OH excluding ortho intramolecular Hbond substituents is 1. The van der Waals surface area contributed by atoms with Crippen molar-refractivity contribution in [1.29, 1.82) is 5.41 Å². The first-order valence-corrected chi connectivity index (χ1v) is 7.60. The van der Waals surface area contributed by atoms with Crippen molar-refractivity contribution in [2.45, 2.75) is 6.92 Å². The summed E-state index contributed by atoms with van der Waals surface area (Å²) in [7, 11) is 0. The van der Waals surface area contributed by atoms with Crippen LogP contribution in [0.4, 0.5) is 4.39 Å². The SMILES string of the molecule is C\C=C/C(F)=C\C=C\N1C(=N)S/C(=C\c2ccc(O)cc2)C1=O. The standard InChI is InChI=1S/C17H15FN2O2S/c1-2-4-13(18)5-3-10-20-16(22)15(23-17(20)19)11-12-6-8-14(21)9-7-12/h2-11,19,21H,1H3/b4-2-,10-3+,13-5+,15-11-,19-17?. The maximum absolute atomic E-state index is 13.2. The van der Waals surface area contributed by atoms with E-state index in [1.807, 2.05) is 0 Å². The number of amides is 1. The van der Waals surface area contributed by atoms with E-state index < -0.39 is 5.83 Å². The maximum atomic E-state index is 13.2. The van der Waals surface area contributed by atoms with E-state index in [0.29, 0.717) is 4.91 Å². The van der Waals surface area contributed by atoms with Gasteiger partial charge in [-0.2, -0.15) is 0 Å². The molecule has 0 aliphatic carbocycles. The van der Waals surface area contributed by atoms with Crippen molar-refractivity contribution >= 4 is 28.9 Å². The molecule has 1 aromatic carbocycles. The van der Waals surface area contributed by atoms with Gasteiger partial charge in [0.15, 0.2) is 5.17 Å². The number of carbonyl (C=O) groups excluding carboxylic acids is 1. The molecule has 0 atom stereocenters. The van der Waals surface area contributed by atoms with Crippen LogP contribution in [0.25, 0.3) is 6.08 Å². The summed E-state index contributed by atoms with van der Waals surface area (Å²) in [6.45, 7) is 1.70. The van der Waals surface area contributed by atoms with Crippen LogP contribution >= 0.6 is 11.8 Å². The highest BCUT2D eigenvalue weighted by atomic mass is 32.2. The fraction of sp³-hybridized carbons (Fsp3) is 0.0588. The molecular formula is C17H15FN2O2S. The molecule has 0 aromatic heterocycles. The molecule has 0 spiro atoms. The maximum Gasteiger partial charge on any atom is 0.270 e. The smallest absolute Gasteiger partial charge is 0.270 e. The molecule has 2 rings (SSSR count). The first kappa shape index (κ1) is 16.8. The largest absolute Gasteiger partial charge is 0.508 e. The fourth-order valence-electron chi connectivity index (χ4n) is 1.79. The van der Waals surface area contributed by atoms with Gasteiger partial charge in [0, 0.05) is 6.20 Å². The van der Waals surface area contributed by atoms with E-state index in [9.17, 15) is 14.3 Å². The van der Waals surface area contributed by atoms with Gasteiger partial charge in [-0.15, -0.1) is 0 Å². The van der Waals surface area contributed by atoms with Crippen LogP contribution in [0, 0.1) is 5.41 Å². The molecule has 6 heteroatoms. The molecule has 1 aliphatic rings. The number of hydrogen-bond acceptors (Lipinski definition) is 4. The van der Waals surface area contributed by atoms with Gasteiger partial charge in [0.25, 0.3) is 5.91 Å². The average Bonchev–Trinajstić information content (AvgIpc) is 2.77. The van der Waals surface area contributed by atoms with Gasteiger partial charge in [-0.05, 0) is 60.7 Å².